The zero-order valence-electron chi connectivity index (χ0n) is 20.6. The minimum atomic E-state index is -0.743. The van der Waals surface area contributed by atoms with Crippen LogP contribution >= 0.6 is 0 Å². The lowest BCUT2D eigenvalue weighted by Gasteiger charge is -2.36. The monoisotopic (exact) mass is 478 g/mol. The Bertz CT molecular complexity index is 1070. The average molecular weight is 479 g/mol. The summed E-state index contributed by atoms with van der Waals surface area (Å²) in [6.45, 7) is 5.35. The van der Waals surface area contributed by atoms with E-state index in [1.807, 2.05) is 17.0 Å². The van der Waals surface area contributed by atoms with E-state index in [4.69, 9.17) is 4.74 Å². The third-order valence-electron chi connectivity index (χ3n) is 7.26. The van der Waals surface area contributed by atoms with Crippen molar-refractivity contribution >= 4 is 23.1 Å². The highest BCUT2D eigenvalue weighted by Gasteiger charge is 2.28. The molecule has 0 N–H and O–H groups in total. The van der Waals surface area contributed by atoms with E-state index in [2.05, 4.69) is 13.8 Å². The van der Waals surface area contributed by atoms with Crippen LogP contribution in [0.2, 0.25) is 0 Å². The standard InChI is InChI=1S/C28H34N2O5/c1-19-14-20(2)17-29(16-19)25-13-12-24(15-26(25)30(33)34)28(32)35-18-27(31)23-10-8-22(9-11-23)21-6-4-3-5-7-21/h8-13,15,19-21H,3-7,14,16-18H2,1-2H3/t19-,20-/m1/s1. The summed E-state index contributed by atoms with van der Waals surface area (Å²) < 4.78 is 5.22. The highest BCUT2D eigenvalue weighted by atomic mass is 16.6. The number of carbonyl (C=O) groups is 2. The number of Topliss-reactive ketones (excluding diaryl/α,β-unsaturated/α-hetero) is 1. The zero-order chi connectivity index (χ0) is 24.9. The minimum absolute atomic E-state index is 0.0685. The number of hydrogen-bond donors (Lipinski definition) is 0. The van der Waals surface area contributed by atoms with Gasteiger partial charge in [-0.1, -0.05) is 57.4 Å². The first-order valence-electron chi connectivity index (χ1n) is 12.7. The fourth-order valence-corrected chi connectivity index (χ4v) is 5.60. The Labute approximate surface area is 206 Å². The molecule has 0 amide bonds. The maximum absolute atomic E-state index is 12.6. The first kappa shape index (κ1) is 24.9. The lowest BCUT2D eigenvalue weighted by atomic mass is 9.84. The molecule has 1 saturated carbocycles. The van der Waals surface area contributed by atoms with Crippen LogP contribution in [-0.4, -0.2) is 36.4 Å². The van der Waals surface area contributed by atoms with Crippen molar-refractivity contribution in [3.63, 3.8) is 0 Å². The number of esters is 1. The molecule has 0 bridgehead atoms. The molecular formula is C28H34N2O5. The molecule has 0 spiro atoms. The van der Waals surface area contributed by atoms with Gasteiger partial charge in [0.25, 0.3) is 5.69 Å². The molecule has 1 saturated heterocycles. The van der Waals surface area contributed by atoms with Crippen molar-refractivity contribution in [2.75, 3.05) is 24.6 Å². The van der Waals surface area contributed by atoms with Crippen molar-refractivity contribution in [1.29, 1.82) is 0 Å². The first-order chi connectivity index (χ1) is 16.8. The van der Waals surface area contributed by atoms with Gasteiger partial charge in [0.05, 0.1) is 10.5 Å². The van der Waals surface area contributed by atoms with Gasteiger partial charge >= 0.3 is 5.97 Å². The summed E-state index contributed by atoms with van der Waals surface area (Å²) >= 11 is 0. The number of rotatable bonds is 7. The number of carbonyl (C=O) groups excluding carboxylic acids is 2. The second kappa shape index (κ2) is 11.0. The smallest absolute Gasteiger partial charge is 0.338 e. The molecule has 4 rings (SSSR count). The number of benzene rings is 2. The van der Waals surface area contributed by atoms with Crippen molar-refractivity contribution in [2.24, 2.45) is 11.8 Å². The lowest BCUT2D eigenvalue weighted by molar-refractivity contribution is -0.384. The third-order valence-corrected chi connectivity index (χ3v) is 7.26. The second-order valence-corrected chi connectivity index (χ2v) is 10.3. The van der Waals surface area contributed by atoms with Crippen molar-refractivity contribution in [3.8, 4) is 0 Å². The molecule has 35 heavy (non-hydrogen) atoms. The topological polar surface area (TPSA) is 89.8 Å². The molecular weight excluding hydrogens is 444 g/mol. The van der Waals surface area contributed by atoms with E-state index in [1.54, 1.807) is 18.2 Å². The molecule has 2 fully saturated rings. The van der Waals surface area contributed by atoms with E-state index in [1.165, 1.54) is 49.8 Å². The maximum atomic E-state index is 12.6. The van der Waals surface area contributed by atoms with Gasteiger partial charge < -0.3 is 9.64 Å². The Kier molecular flexibility index (Phi) is 7.83. The largest absolute Gasteiger partial charge is 0.454 e. The molecule has 0 radical (unpaired) electrons. The van der Waals surface area contributed by atoms with Gasteiger partial charge in [-0.15, -0.1) is 0 Å². The number of piperidine rings is 1. The number of ketones is 1. The van der Waals surface area contributed by atoms with E-state index in [9.17, 15) is 19.7 Å². The molecule has 186 valence electrons. The van der Waals surface area contributed by atoms with E-state index in [0.29, 0.717) is 29.0 Å². The summed E-state index contributed by atoms with van der Waals surface area (Å²) in [5, 5.41) is 11.8. The SMILES string of the molecule is C[C@@H]1C[C@@H](C)CN(c2ccc(C(=O)OCC(=O)c3ccc(C4CCCCC4)cc3)cc2[N+](=O)[O-])C1. The van der Waals surface area contributed by atoms with Crippen LogP contribution < -0.4 is 4.90 Å². The minimum Gasteiger partial charge on any atom is -0.454 e. The molecule has 7 nitrogen and oxygen atoms in total. The Hall–Kier alpha value is -3.22. The molecule has 2 aliphatic rings. The normalized spacial score (nSPS) is 20.9. The van der Waals surface area contributed by atoms with Gasteiger partial charge in [-0.2, -0.15) is 0 Å². The van der Waals surface area contributed by atoms with E-state index < -0.39 is 17.5 Å². The number of ether oxygens (including phenoxy) is 1. The van der Waals surface area contributed by atoms with Crippen LogP contribution in [0.1, 0.15) is 84.6 Å². The van der Waals surface area contributed by atoms with Gasteiger partial charge in [0.15, 0.2) is 12.4 Å². The number of hydrogen-bond acceptors (Lipinski definition) is 6. The van der Waals surface area contributed by atoms with Crippen molar-refractivity contribution in [3.05, 3.63) is 69.3 Å². The van der Waals surface area contributed by atoms with Crippen molar-refractivity contribution in [1.82, 2.24) is 0 Å². The molecule has 1 aliphatic carbocycles. The highest BCUT2D eigenvalue weighted by Crippen LogP contribution is 2.34. The maximum Gasteiger partial charge on any atom is 0.338 e. The van der Waals surface area contributed by atoms with E-state index in [-0.39, 0.29) is 17.0 Å². The average Bonchev–Trinajstić information content (AvgIpc) is 2.86. The summed E-state index contributed by atoms with van der Waals surface area (Å²) in [6, 6.07) is 12.0. The van der Waals surface area contributed by atoms with Crippen LogP contribution in [0.4, 0.5) is 11.4 Å². The van der Waals surface area contributed by atoms with E-state index >= 15 is 0 Å². The summed E-state index contributed by atoms with van der Waals surface area (Å²) in [4.78, 5) is 38.5. The molecule has 0 aromatic heterocycles. The van der Waals surface area contributed by atoms with Gasteiger partial charge in [-0.25, -0.2) is 4.79 Å². The predicted octanol–water partition coefficient (Wildman–Crippen LogP) is 6.16. The van der Waals surface area contributed by atoms with E-state index in [0.717, 1.165) is 19.5 Å². The third kappa shape index (κ3) is 6.08. The quantitative estimate of drug-likeness (QED) is 0.205. The fourth-order valence-electron chi connectivity index (χ4n) is 5.60. The Morgan fingerprint density at radius 2 is 1.60 bits per heavy atom. The Morgan fingerprint density at radius 3 is 2.23 bits per heavy atom. The van der Waals surface area contributed by atoms with Crippen LogP contribution in [0.5, 0.6) is 0 Å². The molecule has 2 atom stereocenters. The highest BCUT2D eigenvalue weighted by molar-refractivity contribution is 5.99. The lowest BCUT2D eigenvalue weighted by Crippen LogP contribution is -2.39. The molecule has 2 aromatic carbocycles. The molecule has 2 aromatic rings. The molecule has 0 unspecified atom stereocenters. The fraction of sp³-hybridized carbons (Fsp3) is 0.500. The van der Waals surface area contributed by atoms with Gasteiger partial charge in [-0.3, -0.25) is 14.9 Å². The van der Waals surface area contributed by atoms with Gasteiger partial charge in [0.1, 0.15) is 5.69 Å². The van der Waals surface area contributed by atoms with Crippen LogP contribution in [0, 0.1) is 22.0 Å². The molecule has 1 aliphatic heterocycles. The zero-order valence-corrected chi connectivity index (χ0v) is 20.6. The van der Waals surface area contributed by atoms with Crippen LogP contribution in [-0.2, 0) is 4.74 Å². The van der Waals surface area contributed by atoms with Crippen LogP contribution in [0.25, 0.3) is 0 Å². The number of nitro benzene ring substituents is 1. The van der Waals surface area contributed by atoms with Gasteiger partial charge in [-0.05, 0) is 54.7 Å². The van der Waals surface area contributed by atoms with Crippen molar-refractivity contribution in [2.45, 2.75) is 58.3 Å². The van der Waals surface area contributed by atoms with Gasteiger partial charge in [0, 0.05) is 24.7 Å². The Morgan fingerprint density at radius 1 is 0.971 bits per heavy atom. The Balaban J connectivity index is 1.39. The van der Waals surface area contributed by atoms with Crippen LogP contribution in [0.3, 0.4) is 0 Å². The summed E-state index contributed by atoms with van der Waals surface area (Å²) in [7, 11) is 0. The van der Waals surface area contributed by atoms with Gasteiger partial charge in [0.2, 0.25) is 0 Å². The number of nitrogens with zero attached hydrogens (tertiary/aromatic N) is 2. The second-order valence-electron chi connectivity index (χ2n) is 10.3. The number of nitro groups is 1. The predicted molar refractivity (Wildman–Crippen MR) is 135 cm³/mol. The summed E-state index contributed by atoms with van der Waals surface area (Å²) in [5.74, 6) is 0.389. The summed E-state index contributed by atoms with van der Waals surface area (Å²) in [6.07, 6.45) is 7.25. The van der Waals surface area contributed by atoms with Crippen LogP contribution in [0.15, 0.2) is 42.5 Å². The first-order valence-corrected chi connectivity index (χ1v) is 12.7. The summed E-state index contributed by atoms with van der Waals surface area (Å²) in [5.41, 5.74) is 2.21. The number of anilines is 1. The van der Waals surface area contributed by atoms with Crippen molar-refractivity contribution < 1.29 is 19.2 Å². The molecule has 1 heterocycles. The molecule has 7 heteroatoms.